The quantitative estimate of drug-likeness (QED) is 0.878. The lowest BCUT2D eigenvalue weighted by Gasteiger charge is -2.37. The molecule has 0 radical (unpaired) electrons. The average molecular weight is 366 g/mol. The zero-order valence-electron chi connectivity index (χ0n) is 16.1. The molecule has 0 saturated carbocycles. The highest BCUT2D eigenvalue weighted by molar-refractivity contribution is 5.74. The van der Waals surface area contributed by atoms with E-state index in [1.54, 1.807) is 4.90 Å². The van der Waals surface area contributed by atoms with E-state index in [2.05, 4.69) is 43.4 Å². The first-order valence-electron chi connectivity index (χ1n) is 9.43. The number of rotatable bonds is 3. The number of urea groups is 1. The third-order valence-corrected chi connectivity index (χ3v) is 5.62. The van der Waals surface area contributed by atoms with Crippen molar-refractivity contribution in [2.24, 2.45) is 0 Å². The van der Waals surface area contributed by atoms with E-state index in [-0.39, 0.29) is 24.3 Å². The van der Waals surface area contributed by atoms with Crippen molar-refractivity contribution in [1.29, 1.82) is 0 Å². The molecule has 1 aliphatic heterocycles. The Hall–Kier alpha value is -2.69. The second kappa shape index (κ2) is 6.80. The summed E-state index contributed by atoms with van der Waals surface area (Å²) in [5, 5.41) is 3.22. The number of carbonyl (C=O) groups excluding carboxylic acids is 1. The Kier molecular flexibility index (Phi) is 4.46. The van der Waals surface area contributed by atoms with E-state index in [0.717, 1.165) is 29.9 Å². The zero-order chi connectivity index (χ0) is 19.0. The van der Waals surface area contributed by atoms with E-state index in [1.165, 1.54) is 11.1 Å². The van der Waals surface area contributed by atoms with E-state index in [1.807, 2.05) is 25.2 Å². The maximum Gasteiger partial charge on any atom is 0.317 e. The number of fused-ring (bicyclic) bond motifs is 2. The molecular formula is C22H26N2O3. The Bertz CT molecular complexity index is 862. The molecule has 4 rings (SSSR count). The van der Waals surface area contributed by atoms with Crippen LogP contribution in [0, 0.1) is 0 Å². The summed E-state index contributed by atoms with van der Waals surface area (Å²) in [7, 11) is 1.82. The summed E-state index contributed by atoms with van der Waals surface area (Å²) >= 11 is 0. The van der Waals surface area contributed by atoms with Crippen LogP contribution in [-0.2, 0) is 12.0 Å². The van der Waals surface area contributed by atoms with Crippen LogP contribution in [0.15, 0.2) is 42.5 Å². The molecule has 0 spiro atoms. The largest absolute Gasteiger partial charge is 0.454 e. The minimum atomic E-state index is -0.0628. The third-order valence-electron chi connectivity index (χ3n) is 5.62. The molecule has 2 amide bonds. The summed E-state index contributed by atoms with van der Waals surface area (Å²) < 4.78 is 10.8. The van der Waals surface area contributed by atoms with Gasteiger partial charge in [-0.15, -0.1) is 0 Å². The molecule has 0 saturated heterocycles. The molecule has 0 aromatic heterocycles. The summed E-state index contributed by atoms with van der Waals surface area (Å²) in [5.41, 5.74) is 3.73. The van der Waals surface area contributed by atoms with Crippen LogP contribution in [0.25, 0.3) is 0 Å². The van der Waals surface area contributed by atoms with Crippen molar-refractivity contribution < 1.29 is 14.3 Å². The van der Waals surface area contributed by atoms with Gasteiger partial charge >= 0.3 is 6.03 Å². The zero-order valence-corrected chi connectivity index (χ0v) is 16.1. The predicted molar refractivity (Wildman–Crippen MR) is 104 cm³/mol. The van der Waals surface area contributed by atoms with Crippen LogP contribution in [0.5, 0.6) is 11.5 Å². The first-order chi connectivity index (χ1) is 12.9. The Morgan fingerprint density at radius 2 is 1.96 bits per heavy atom. The molecule has 1 atom stereocenters. The Labute approximate surface area is 160 Å². The van der Waals surface area contributed by atoms with Gasteiger partial charge in [-0.2, -0.15) is 0 Å². The van der Waals surface area contributed by atoms with Gasteiger partial charge in [0.1, 0.15) is 0 Å². The standard InChI is InChI=1S/C22H26N2O3/c1-22(2)11-10-18(16-6-4-5-7-17(16)22)23-21(25)24(3)13-15-8-9-19-20(12-15)27-14-26-19/h4-9,12,18H,10-11,13-14H2,1-3H3,(H,23,25)/t18-/m0/s1. The minimum Gasteiger partial charge on any atom is -0.454 e. The predicted octanol–water partition coefficient (Wildman–Crippen LogP) is 4.37. The summed E-state index contributed by atoms with van der Waals surface area (Å²) in [6.07, 6.45) is 2.01. The highest BCUT2D eigenvalue weighted by Gasteiger charge is 2.33. The van der Waals surface area contributed by atoms with Gasteiger partial charge in [-0.05, 0) is 47.1 Å². The fraction of sp³-hybridized carbons (Fsp3) is 0.409. The van der Waals surface area contributed by atoms with Gasteiger partial charge in [-0.25, -0.2) is 4.79 Å². The van der Waals surface area contributed by atoms with Crippen LogP contribution in [0.2, 0.25) is 0 Å². The van der Waals surface area contributed by atoms with Crippen LogP contribution in [0.4, 0.5) is 4.79 Å². The van der Waals surface area contributed by atoms with Gasteiger partial charge in [0.2, 0.25) is 6.79 Å². The number of nitrogens with one attached hydrogen (secondary N) is 1. The molecule has 1 N–H and O–H groups in total. The molecular weight excluding hydrogens is 340 g/mol. The molecule has 2 aromatic carbocycles. The number of nitrogens with zero attached hydrogens (tertiary/aromatic N) is 1. The van der Waals surface area contributed by atoms with Gasteiger partial charge in [0.05, 0.1) is 6.04 Å². The van der Waals surface area contributed by atoms with Gasteiger partial charge in [0.15, 0.2) is 11.5 Å². The molecule has 27 heavy (non-hydrogen) atoms. The topological polar surface area (TPSA) is 50.8 Å². The molecule has 2 aromatic rings. The van der Waals surface area contributed by atoms with Crippen LogP contribution in [-0.4, -0.2) is 24.8 Å². The van der Waals surface area contributed by atoms with Crippen LogP contribution >= 0.6 is 0 Å². The lowest BCUT2D eigenvalue weighted by atomic mass is 9.71. The molecule has 2 aliphatic rings. The molecule has 0 bridgehead atoms. The normalized spacial score (nSPS) is 19.3. The van der Waals surface area contributed by atoms with Crippen molar-refractivity contribution in [2.45, 2.75) is 44.7 Å². The van der Waals surface area contributed by atoms with Crippen molar-refractivity contribution in [2.75, 3.05) is 13.8 Å². The third kappa shape index (κ3) is 3.46. The Balaban J connectivity index is 1.44. The maximum atomic E-state index is 12.8. The first-order valence-corrected chi connectivity index (χ1v) is 9.43. The van der Waals surface area contributed by atoms with E-state index in [0.29, 0.717) is 6.54 Å². The second-order valence-electron chi connectivity index (χ2n) is 8.06. The van der Waals surface area contributed by atoms with Crippen molar-refractivity contribution in [3.05, 3.63) is 59.2 Å². The maximum absolute atomic E-state index is 12.8. The van der Waals surface area contributed by atoms with Crippen LogP contribution in [0.3, 0.4) is 0 Å². The average Bonchev–Trinajstić information content (AvgIpc) is 3.12. The van der Waals surface area contributed by atoms with Gasteiger partial charge in [0, 0.05) is 13.6 Å². The molecule has 0 fully saturated rings. The summed E-state index contributed by atoms with van der Waals surface area (Å²) in [6, 6.07) is 14.2. The van der Waals surface area contributed by atoms with Crippen LogP contribution in [0.1, 0.15) is 49.4 Å². The number of amides is 2. The number of hydrogen-bond acceptors (Lipinski definition) is 3. The number of ether oxygens (including phenoxy) is 2. The number of carbonyl (C=O) groups is 1. The van der Waals surface area contributed by atoms with Gasteiger partial charge in [-0.3, -0.25) is 0 Å². The highest BCUT2D eigenvalue weighted by atomic mass is 16.7. The fourth-order valence-corrected chi connectivity index (χ4v) is 4.01. The monoisotopic (exact) mass is 366 g/mol. The van der Waals surface area contributed by atoms with E-state index in [4.69, 9.17) is 9.47 Å². The Morgan fingerprint density at radius 3 is 2.81 bits per heavy atom. The van der Waals surface area contributed by atoms with Crippen molar-refractivity contribution in [1.82, 2.24) is 10.2 Å². The number of hydrogen-bond donors (Lipinski definition) is 1. The fourth-order valence-electron chi connectivity index (χ4n) is 4.01. The van der Waals surface area contributed by atoms with Gasteiger partial charge < -0.3 is 19.7 Å². The van der Waals surface area contributed by atoms with Crippen LogP contribution < -0.4 is 14.8 Å². The van der Waals surface area contributed by atoms with Gasteiger partial charge in [0.25, 0.3) is 0 Å². The molecule has 1 aliphatic carbocycles. The summed E-state index contributed by atoms with van der Waals surface area (Å²) in [4.78, 5) is 14.5. The van der Waals surface area contributed by atoms with Crippen molar-refractivity contribution in [3.8, 4) is 11.5 Å². The smallest absolute Gasteiger partial charge is 0.317 e. The highest BCUT2D eigenvalue weighted by Crippen LogP contribution is 2.41. The van der Waals surface area contributed by atoms with Crippen molar-refractivity contribution in [3.63, 3.8) is 0 Å². The lowest BCUT2D eigenvalue weighted by Crippen LogP contribution is -2.41. The van der Waals surface area contributed by atoms with Crippen molar-refractivity contribution >= 4 is 6.03 Å². The summed E-state index contributed by atoms with van der Waals surface area (Å²) in [5.74, 6) is 1.50. The van der Waals surface area contributed by atoms with Gasteiger partial charge in [-0.1, -0.05) is 44.2 Å². The van der Waals surface area contributed by atoms with E-state index < -0.39 is 0 Å². The molecule has 5 nitrogen and oxygen atoms in total. The van der Waals surface area contributed by atoms with E-state index >= 15 is 0 Å². The lowest BCUT2D eigenvalue weighted by molar-refractivity contribution is 0.174. The molecule has 0 unspecified atom stereocenters. The molecule has 5 heteroatoms. The minimum absolute atomic E-state index is 0.0564. The van der Waals surface area contributed by atoms with E-state index in [9.17, 15) is 4.79 Å². The number of benzene rings is 2. The molecule has 1 heterocycles. The summed E-state index contributed by atoms with van der Waals surface area (Å²) in [6.45, 7) is 5.32. The Morgan fingerprint density at radius 1 is 1.19 bits per heavy atom. The second-order valence-corrected chi connectivity index (χ2v) is 8.06. The SMILES string of the molecule is CN(Cc1ccc2c(c1)OCO2)C(=O)N[C@H]1CCC(C)(C)c2ccccc21. The molecule has 142 valence electrons. The first kappa shape index (κ1) is 17.7.